The molecule has 1 saturated heterocycles. The monoisotopic (exact) mass is 446 g/mol. The van der Waals surface area contributed by atoms with Crippen LogP contribution in [0, 0.1) is 16.0 Å². The highest BCUT2D eigenvalue weighted by Gasteiger charge is 2.57. The highest BCUT2D eigenvalue weighted by atomic mass is 35.5. The summed E-state index contributed by atoms with van der Waals surface area (Å²) in [5.74, 6) is -1.75. The number of carbonyl (C=O) groups is 2. The number of para-hydroxylation sites is 2. The van der Waals surface area contributed by atoms with Crippen LogP contribution in [0.3, 0.4) is 0 Å². The predicted molar refractivity (Wildman–Crippen MR) is 120 cm³/mol. The van der Waals surface area contributed by atoms with E-state index in [1.807, 2.05) is 18.2 Å². The molecule has 0 radical (unpaired) electrons. The second kappa shape index (κ2) is 7.58. The molecule has 0 aromatic heterocycles. The zero-order valence-corrected chi connectivity index (χ0v) is 17.2. The number of imide groups is 1. The third-order valence-electron chi connectivity index (χ3n) is 5.54. The maximum Gasteiger partial charge on any atom is 0.269 e. The van der Waals surface area contributed by atoms with E-state index in [9.17, 15) is 19.7 Å². The highest BCUT2D eigenvalue weighted by Crippen LogP contribution is 2.40. The van der Waals surface area contributed by atoms with Crippen LogP contribution in [-0.2, 0) is 9.59 Å². The van der Waals surface area contributed by atoms with Crippen molar-refractivity contribution in [1.29, 1.82) is 0 Å². The molecule has 3 aromatic carbocycles. The van der Waals surface area contributed by atoms with Gasteiger partial charge in [0.1, 0.15) is 12.0 Å². The van der Waals surface area contributed by atoms with E-state index in [1.54, 1.807) is 53.5 Å². The molecule has 0 N–H and O–H groups in total. The second-order valence-corrected chi connectivity index (χ2v) is 7.76. The number of halogens is 1. The molecule has 0 spiro atoms. The van der Waals surface area contributed by atoms with Crippen LogP contribution in [-0.4, -0.2) is 28.5 Å². The molecule has 0 unspecified atom stereocenters. The van der Waals surface area contributed by atoms with Crippen LogP contribution in [0.5, 0.6) is 0 Å². The number of hydrogen-bond donors (Lipinski definition) is 0. The average molecular weight is 447 g/mol. The fraction of sp³-hybridized carbons (Fsp3) is 0.0870. The van der Waals surface area contributed by atoms with Crippen LogP contribution < -0.4 is 9.91 Å². The number of nitrogens with zero attached hydrogens (tertiary/aromatic N) is 4. The Morgan fingerprint density at radius 2 is 1.53 bits per heavy atom. The quantitative estimate of drug-likeness (QED) is 0.342. The lowest BCUT2D eigenvalue weighted by Crippen LogP contribution is -2.39. The van der Waals surface area contributed by atoms with Crippen LogP contribution in [0.15, 0.2) is 84.0 Å². The number of non-ortho nitro benzene ring substituents is 1. The van der Waals surface area contributed by atoms with E-state index in [1.165, 1.54) is 12.1 Å². The Bertz CT molecular complexity index is 1280. The van der Waals surface area contributed by atoms with Gasteiger partial charge in [-0.1, -0.05) is 41.9 Å². The molecule has 2 atom stereocenters. The van der Waals surface area contributed by atoms with E-state index in [2.05, 4.69) is 5.10 Å². The third kappa shape index (κ3) is 3.04. The van der Waals surface area contributed by atoms with Crippen molar-refractivity contribution in [3.63, 3.8) is 0 Å². The lowest BCUT2D eigenvalue weighted by atomic mass is 9.92. The first kappa shape index (κ1) is 19.9. The Morgan fingerprint density at radius 1 is 0.875 bits per heavy atom. The first-order valence-electron chi connectivity index (χ1n) is 9.77. The summed E-state index contributed by atoms with van der Waals surface area (Å²) in [6.07, 6.45) is 0. The summed E-state index contributed by atoms with van der Waals surface area (Å²) in [6, 6.07) is 20.6. The molecule has 158 valence electrons. The fourth-order valence-electron chi connectivity index (χ4n) is 4.07. The lowest BCUT2D eigenvalue weighted by Gasteiger charge is -2.22. The molecule has 0 bridgehead atoms. The van der Waals surface area contributed by atoms with Gasteiger partial charge in [0.05, 0.1) is 27.0 Å². The van der Waals surface area contributed by atoms with Gasteiger partial charge in [-0.25, -0.2) is 4.90 Å². The number of hydrogen-bond acceptors (Lipinski definition) is 6. The van der Waals surface area contributed by atoms with Crippen molar-refractivity contribution in [1.82, 2.24) is 0 Å². The van der Waals surface area contributed by atoms with Gasteiger partial charge in [-0.3, -0.25) is 24.7 Å². The Balaban J connectivity index is 1.63. The normalized spacial score (nSPS) is 19.8. The van der Waals surface area contributed by atoms with Gasteiger partial charge < -0.3 is 0 Å². The molecule has 0 aliphatic carbocycles. The molecule has 8 nitrogen and oxygen atoms in total. The van der Waals surface area contributed by atoms with Crippen molar-refractivity contribution in [3.8, 4) is 0 Å². The van der Waals surface area contributed by atoms with Crippen molar-refractivity contribution in [2.24, 2.45) is 11.0 Å². The molecule has 0 saturated carbocycles. The number of nitro groups is 1. The summed E-state index contributed by atoms with van der Waals surface area (Å²) in [4.78, 5) is 38.6. The number of amides is 2. The molecule has 3 aromatic rings. The number of nitro benzene ring substituents is 1. The molecule has 2 heterocycles. The van der Waals surface area contributed by atoms with Gasteiger partial charge in [-0.15, -0.1) is 0 Å². The van der Waals surface area contributed by atoms with Gasteiger partial charge in [0.25, 0.3) is 11.6 Å². The Hall–Kier alpha value is -4.04. The highest BCUT2D eigenvalue weighted by molar-refractivity contribution is 6.39. The van der Waals surface area contributed by atoms with Crippen LogP contribution >= 0.6 is 11.6 Å². The summed E-state index contributed by atoms with van der Waals surface area (Å²) in [5.41, 5.74) is 1.80. The molecule has 32 heavy (non-hydrogen) atoms. The summed E-state index contributed by atoms with van der Waals surface area (Å²) < 4.78 is 0. The fourth-order valence-corrected chi connectivity index (χ4v) is 4.29. The van der Waals surface area contributed by atoms with E-state index >= 15 is 0 Å². The lowest BCUT2D eigenvalue weighted by molar-refractivity contribution is -0.384. The number of hydrazone groups is 1. The van der Waals surface area contributed by atoms with Gasteiger partial charge in [0.2, 0.25) is 5.91 Å². The molecule has 2 aliphatic rings. The van der Waals surface area contributed by atoms with Crippen molar-refractivity contribution >= 4 is 46.2 Å². The van der Waals surface area contributed by atoms with E-state index in [0.717, 1.165) is 4.90 Å². The minimum Gasteiger partial charge on any atom is -0.273 e. The summed E-state index contributed by atoms with van der Waals surface area (Å²) in [5, 5.41) is 17.5. The van der Waals surface area contributed by atoms with E-state index in [-0.39, 0.29) is 10.7 Å². The molecule has 2 amide bonds. The number of benzene rings is 3. The minimum atomic E-state index is -0.883. The number of anilines is 2. The number of carbonyl (C=O) groups excluding carboxylic acids is 2. The first-order chi connectivity index (χ1) is 15.5. The van der Waals surface area contributed by atoms with Crippen molar-refractivity contribution < 1.29 is 14.5 Å². The van der Waals surface area contributed by atoms with Crippen molar-refractivity contribution in [3.05, 3.63) is 99.6 Å². The molecular weight excluding hydrogens is 432 g/mol. The van der Waals surface area contributed by atoms with E-state index < -0.39 is 28.7 Å². The summed E-state index contributed by atoms with van der Waals surface area (Å²) in [7, 11) is 0. The van der Waals surface area contributed by atoms with Gasteiger partial charge in [0, 0.05) is 12.1 Å². The SMILES string of the molecule is O=C1[C@@H]2C(c3ccc([N+](=O)[O-])cc3)=NN(c3ccccc3)[C@H]2C(=O)N1c1ccccc1Cl. The Kier molecular flexibility index (Phi) is 4.71. The second-order valence-electron chi connectivity index (χ2n) is 7.36. The summed E-state index contributed by atoms with van der Waals surface area (Å²) in [6.45, 7) is 0. The Labute approximate surface area is 187 Å². The van der Waals surface area contributed by atoms with Gasteiger partial charge >= 0.3 is 0 Å². The number of fused-ring (bicyclic) bond motifs is 1. The van der Waals surface area contributed by atoms with Gasteiger partial charge in [-0.2, -0.15) is 5.10 Å². The number of rotatable bonds is 4. The topological polar surface area (TPSA) is 96.1 Å². The minimum absolute atomic E-state index is 0.0738. The largest absolute Gasteiger partial charge is 0.273 e. The average Bonchev–Trinajstić information content (AvgIpc) is 3.32. The standard InChI is InChI=1S/C23H15ClN4O4/c24-17-8-4-5-9-18(17)26-22(29)19-20(14-10-12-16(13-11-14)28(31)32)25-27(21(19)23(26)30)15-6-2-1-3-7-15/h1-13,19,21H/t19-,21-/m1/s1. The molecule has 9 heteroatoms. The van der Waals surface area contributed by atoms with E-state index in [4.69, 9.17) is 11.6 Å². The summed E-state index contributed by atoms with van der Waals surface area (Å²) >= 11 is 6.29. The van der Waals surface area contributed by atoms with Crippen LogP contribution in [0.1, 0.15) is 5.56 Å². The molecule has 1 fully saturated rings. The zero-order chi connectivity index (χ0) is 22.4. The third-order valence-corrected chi connectivity index (χ3v) is 5.86. The van der Waals surface area contributed by atoms with Gasteiger partial charge in [-0.05, 0) is 42.0 Å². The van der Waals surface area contributed by atoms with Gasteiger partial charge in [0.15, 0.2) is 0 Å². The van der Waals surface area contributed by atoms with E-state index in [0.29, 0.717) is 22.6 Å². The van der Waals surface area contributed by atoms with Crippen LogP contribution in [0.4, 0.5) is 17.1 Å². The Morgan fingerprint density at radius 3 is 2.19 bits per heavy atom. The molecule has 5 rings (SSSR count). The molecular formula is C23H15ClN4O4. The van der Waals surface area contributed by atoms with Crippen LogP contribution in [0.25, 0.3) is 0 Å². The first-order valence-corrected chi connectivity index (χ1v) is 10.1. The zero-order valence-electron chi connectivity index (χ0n) is 16.5. The smallest absolute Gasteiger partial charge is 0.269 e. The maximum atomic E-state index is 13.5. The molecule has 2 aliphatic heterocycles. The predicted octanol–water partition coefficient (Wildman–Crippen LogP) is 4.03. The van der Waals surface area contributed by atoms with Crippen molar-refractivity contribution in [2.45, 2.75) is 6.04 Å². The van der Waals surface area contributed by atoms with Crippen LogP contribution in [0.2, 0.25) is 5.02 Å². The maximum absolute atomic E-state index is 13.5. The van der Waals surface area contributed by atoms with Crippen molar-refractivity contribution in [2.75, 3.05) is 9.91 Å².